The molecule has 0 heterocycles. The number of hydrogen-bond donors (Lipinski definition) is 0. The second kappa shape index (κ2) is 6.44. The molecule has 0 saturated carbocycles. The zero-order valence-electron chi connectivity index (χ0n) is 7.40. The number of rotatable bonds is 4. The van der Waals surface area contributed by atoms with Crippen molar-refractivity contribution in [2.75, 3.05) is 0 Å². The van der Waals surface area contributed by atoms with Crippen LogP contribution in [0.1, 0.15) is 12.0 Å². The molecule has 1 nitrogen and oxygen atoms in total. The van der Waals surface area contributed by atoms with Gasteiger partial charge in [0.1, 0.15) is 0 Å². The van der Waals surface area contributed by atoms with Crippen molar-refractivity contribution in [1.29, 1.82) is 0 Å². The lowest BCUT2D eigenvalue weighted by molar-refractivity contribution is -0.114. The summed E-state index contributed by atoms with van der Waals surface area (Å²) in [5.74, 6) is 0.110. The van der Waals surface area contributed by atoms with Crippen LogP contribution in [0.15, 0.2) is 43.0 Å². The first kappa shape index (κ1) is 11.9. The fourth-order valence-corrected chi connectivity index (χ4v) is 1.01. The summed E-state index contributed by atoms with van der Waals surface area (Å²) in [6.45, 7) is 3.42. The van der Waals surface area contributed by atoms with E-state index in [2.05, 4.69) is 6.58 Å². The highest BCUT2D eigenvalue weighted by molar-refractivity contribution is 5.89. The largest absolute Gasteiger partial charge is 0.295 e. The number of benzene rings is 1. The smallest absolute Gasteiger partial charge is 0.155 e. The minimum Gasteiger partial charge on any atom is -0.295 e. The van der Waals surface area contributed by atoms with Gasteiger partial charge in [0.15, 0.2) is 5.78 Å². The zero-order valence-corrected chi connectivity index (χ0v) is 8.22. The second-order valence-electron chi connectivity index (χ2n) is 2.66. The highest BCUT2D eigenvalue weighted by Gasteiger charge is 1.96. The van der Waals surface area contributed by atoms with Gasteiger partial charge in [0.05, 0.1) is 0 Å². The lowest BCUT2D eigenvalue weighted by Gasteiger charge is -1.96. The van der Waals surface area contributed by atoms with Gasteiger partial charge < -0.3 is 0 Å². The van der Waals surface area contributed by atoms with Gasteiger partial charge in [-0.1, -0.05) is 36.9 Å². The van der Waals surface area contributed by atoms with E-state index in [9.17, 15) is 4.79 Å². The van der Waals surface area contributed by atoms with Crippen molar-refractivity contribution in [2.24, 2.45) is 0 Å². The van der Waals surface area contributed by atoms with Crippen molar-refractivity contribution in [3.8, 4) is 0 Å². The fourth-order valence-electron chi connectivity index (χ4n) is 1.01. The zero-order chi connectivity index (χ0) is 8.81. The van der Waals surface area contributed by atoms with Crippen molar-refractivity contribution < 1.29 is 4.79 Å². The molecule has 0 atom stereocenters. The molecule has 0 unspecified atom stereocenters. The van der Waals surface area contributed by atoms with Crippen molar-refractivity contribution in [1.82, 2.24) is 0 Å². The van der Waals surface area contributed by atoms with Crippen molar-refractivity contribution >= 4 is 18.2 Å². The van der Waals surface area contributed by atoms with Gasteiger partial charge in [-0.2, -0.15) is 0 Å². The van der Waals surface area contributed by atoms with Crippen LogP contribution >= 0.6 is 12.4 Å². The Morgan fingerprint density at radius 2 is 1.92 bits per heavy atom. The lowest BCUT2D eigenvalue weighted by atomic mass is 10.1. The molecule has 0 aromatic heterocycles. The molecule has 0 amide bonds. The van der Waals surface area contributed by atoms with E-state index in [4.69, 9.17) is 0 Å². The number of carbonyl (C=O) groups excluding carboxylic acids is 1. The number of ketones is 1. The van der Waals surface area contributed by atoms with Gasteiger partial charge in [0.2, 0.25) is 0 Å². The van der Waals surface area contributed by atoms with Gasteiger partial charge in [0, 0.05) is 6.42 Å². The Hall–Kier alpha value is -1.08. The van der Waals surface area contributed by atoms with Crippen LogP contribution in [-0.4, -0.2) is 5.78 Å². The van der Waals surface area contributed by atoms with E-state index >= 15 is 0 Å². The maximum absolute atomic E-state index is 10.9. The normalized spacial score (nSPS) is 8.62. The Balaban J connectivity index is 0.00000144. The van der Waals surface area contributed by atoms with Crippen LogP contribution in [0.2, 0.25) is 0 Å². The molecule has 13 heavy (non-hydrogen) atoms. The Morgan fingerprint density at radius 3 is 2.46 bits per heavy atom. The van der Waals surface area contributed by atoms with Gasteiger partial charge in [-0.05, 0) is 18.1 Å². The molecule has 0 aliphatic rings. The first-order valence-electron chi connectivity index (χ1n) is 4.02. The molecule has 1 rings (SSSR count). The van der Waals surface area contributed by atoms with E-state index < -0.39 is 0 Å². The molecule has 0 radical (unpaired) electrons. The standard InChI is InChI=1S/C11H12O.ClH/c1-2-11(12)9-8-10-6-4-3-5-7-10;/h2-7H,1,8-9H2;1H. The minimum absolute atomic E-state index is 0. The number of halogens is 1. The molecule has 0 aliphatic carbocycles. The Kier molecular flexibility index (Phi) is 5.90. The molecule has 0 fully saturated rings. The topological polar surface area (TPSA) is 17.1 Å². The summed E-state index contributed by atoms with van der Waals surface area (Å²) in [5, 5.41) is 0. The Labute approximate surface area is 84.9 Å². The molecule has 0 aliphatic heterocycles. The number of carbonyl (C=O) groups is 1. The third kappa shape index (κ3) is 4.48. The van der Waals surface area contributed by atoms with Gasteiger partial charge in [-0.3, -0.25) is 4.79 Å². The van der Waals surface area contributed by atoms with Gasteiger partial charge in [-0.15, -0.1) is 12.4 Å². The third-order valence-corrected chi connectivity index (χ3v) is 1.73. The molecule has 0 saturated heterocycles. The van der Waals surface area contributed by atoms with E-state index in [1.54, 1.807) is 0 Å². The molecular weight excluding hydrogens is 184 g/mol. The van der Waals surface area contributed by atoms with Crippen molar-refractivity contribution in [2.45, 2.75) is 12.8 Å². The predicted molar refractivity (Wildman–Crippen MR) is 57.2 cm³/mol. The SMILES string of the molecule is C=CC(=O)CCc1ccccc1.Cl. The molecule has 1 aromatic carbocycles. The summed E-state index contributed by atoms with van der Waals surface area (Å²) in [6.07, 6.45) is 2.75. The van der Waals surface area contributed by atoms with E-state index in [1.165, 1.54) is 11.6 Å². The Morgan fingerprint density at radius 1 is 1.31 bits per heavy atom. The van der Waals surface area contributed by atoms with Gasteiger partial charge in [-0.25, -0.2) is 0 Å². The van der Waals surface area contributed by atoms with Crippen LogP contribution in [-0.2, 0) is 11.2 Å². The predicted octanol–water partition coefficient (Wildman–Crippen LogP) is 2.80. The average Bonchev–Trinajstić information content (AvgIpc) is 2.16. The second-order valence-corrected chi connectivity index (χ2v) is 2.66. The Bertz CT molecular complexity index is 267. The molecule has 0 N–H and O–H groups in total. The van der Waals surface area contributed by atoms with E-state index in [1.807, 2.05) is 30.3 Å². The van der Waals surface area contributed by atoms with Crippen LogP contribution in [0.3, 0.4) is 0 Å². The minimum atomic E-state index is 0. The van der Waals surface area contributed by atoms with Crippen LogP contribution in [0, 0.1) is 0 Å². The van der Waals surface area contributed by atoms with Crippen molar-refractivity contribution in [3.05, 3.63) is 48.6 Å². The summed E-state index contributed by atoms with van der Waals surface area (Å²) in [4.78, 5) is 10.9. The summed E-state index contributed by atoms with van der Waals surface area (Å²) in [7, 11) is 0. The highest BCUT2D eigenvalue weighted by Crippen LogP contribution is 2.02. The van der Waals surface area contributed by atoms with Crippen LogP contribution in [0.5, 0.6) is 0 Å². The molecular formula is C11H13ClO. The summed E-state index contributed by atoms with van der Waals surface area (Å²) in [6, 6.07) is 9.98. The quantitative estimate of drug-likeness (QED) is 0.677. The number of aryl methyl sites for hydroxylation is 1. The van der Waals surface area contributed by atoms with E-state index in [-0.39, 0.29) is 18.2 Å². The maximum atomic E-state index is 10.9. The first-order chi connectivity index (χ1) is 5.83. The summed E-state index contributed by atoms with van der Waals surface area (Å²) >= 11 is 0. The van der Waals surface area contributed by atoms with E-state index in [0.29, 0.717) is 6.42 Å². The maximum Gasteiger partial charge on any atom is 0.155 e. The molecule has 2 heteroatoms. The average molecular weight is 197 g/mol. The molecule has 0 spiro atoms. The van der Waals surface area contributed by atoms with Crippen LogP contribution in [0.4, 0.5) is 0 Å². The van der Waals surface area contributed by atoms with Gasteiger partial charge >= 0.3 is 0 Å². The molecule has 0 bridgehead atoms. The molecule has 70 valence electrons. The summed E-state index contributed by atoms with van der Waals surface area (Å²) in [5.41, 5.74) is 1.20. The fraction of sp³-hybridized carbons (Fsp3) is 0.182. The lowest BCUT2D eigenvalue weighted by Crippen LogP contribution is -1.94. The van der Waals surface area contributed by atoms with Crippen molar-refractivity contribution in [3.63, 3.8) is 0 Å². The third-order valence-electron chi connectivity index (χ3n) is 1.73. The van der Waals surface area contributed by atoms with Crippen LogP contribution in [0.25, 0.3) is 0 Å². The number of hydrogen-bond acceptors (Lipinski definition) is 1. The van der Waals surface area contributed by atoms with Gasteiger partial charge in [0.25, 0.3) is 0 Å². The first-order valence-corrected chi connectivity index (χ1v) is 4.02. The number of allylic oxidation sites excluding steroid dienone is 1. The highest BCUT2D eigenvalue weighted by atomic mass is 35.5. The molecule has 1 aromatic rings. The summed E-state index contributed by atoms with van der Waals surface area (Å²) < 4.78 is 0. The van der Waals surface area contributed by atoms with E-state index in [0.717, 1.165) is 6.42 Å². The monoisotopic (exact) mass is 196 g/mol. The van der Waals surface area contributed by atoms with Crippen LogP contribution < -0.4 is 0 Å².